The molecule has 2 aliphatic heterocycles. The van der Waals surface area contributed by atoms with Crippen LogP contribution in [-0.2, 0) is 27.4 Å². The number of fused-ring (bicyclic) bond motifs is 1. The van der Waals surface area contributed by atoms with E-state index in [1.165, 1.54) is 6.92 Å². The molecule has 5 nitrogen and oxygen atoms in total. The normalized spacial score (nSPS) is 25.8. The van der Waals surface area contributed by atoms with Crippen LogP contribution < -0.4 is 10.6 Å². The molecular weight excluding hydrogens is 490 g/mol. The summed E-state index contributed by atoms with van der Waals surface area (Å²) in [4.78, 5) is 11.8. The number of carbonyl (C=O) groups excluding carboxylic acids is 1. The van der Waals surface area contributed by atoms with Gasteiger partial charge in [0.25, 0.3) is 0 Å². The molecule has 2 aliphatic rings. The second kappa shape index (κ2) is 9.93. The Morgan fingerprint density at radius 2 is 1.64 bits per heavy atom. The topological polar surface area (TPSA) is 59.6 Å². The lowest BCUT2D eigenvalue weighted by atomic mass is 9.78. The summed E-state index contributed by atoms with van der Waals surface area (Å²) in [5.41, 5.74) is -2.88. The minimum absolute atomic E-state index is 0.00615. The van der Waals surface area contributed by atoms with Gasteiger partial charge in [0.1, 0.15) is 0 Å². The lowest BCUT2D eigenvalue weighted by Gasteiger charge is -2.46. The first-order valence-electron chi connectivity index (χ1n) is 11.5. The Kier molecular flexibility index (Phi) is 7.25. The van der Waals surface area contributed by atoms with Gasteiger partial charge in [0, 0.05) is 12.1 Å². The highest BCUT2D eigenvalue weighted by molar-refractivity contribution is 5.68. The predicted octanol–water partition coefficient (Wildman–Crippen LogP) is 5.95. The fourth-order valence-corrected chi connectivity index (χ4v) is 4.81. The number of hydrogen-bond acceptors (Lipinski definition) is 4. The lowest BCUT2D eigenvalue weighted by molar-refractivity contribution is -0.143. The van der Waals surface area contributed by atoms with Crippen molar-refractivity contribution in [2.45, 2.75) is 62.3 Å². The molecule has 2 heterocycles. The quantitative estimate of drug-likeness (QED) is 0.483. The van der Waals surface area contributed by atoms with Crippen molar-refractivity contribution in [2.24, 2.45) is 0 Å². The van der Waals surface area contributed by atoms with Gasteiger partial charge < -0.3 is 20.1 Å². The van der Waals surface area contributed by atoms with Gasteiger partial charge in [-0.2, -0.15) is 26.3 Å². The van der Waals surface area contributed by atoms with E-state index < -0.39 is 41.2 Å². The van der Waals surface area contributed by atoms with Crippen LogP contribution in [0.5, 0.6) is 0 Å². The fourth-order valence-electron chi connectivity index (χ4n) is 4.81. The van der Waals surface area contributed by atoms with Crippen molar-refractivity contribution in [1.29, 1.82) is 0 Å². The Morgan fingerprint density at radius 3 is 2.25 bits per heavy atom. The van der Waals surface area contributed by atoms with Crippen LogP contribution in [-0.4, -0.2) is 31.4 Å². The highest BCUT2D eigenvalue weighted by Gasteiger charge is 2.44. The van der Waals surface area contributed by atoms with Gasteiger partial charge in [0.15, 0.2) is 0 Å². The van der Waals surface area contributed by atoms with Crippen LogP contribution in [0.3, 0.4) is 0 Å². The lowest BCUT2D eigenvalue weighted by Crippen LogP contribution is -2.62. The Hall–Kier alpha value is -2.79. The van der Waals surface area contributed by atoms with Crippen LogP contribution in [0.2, 0.25) is 0 Å². The molecule has 36 heavy (non-hydrogen) atoms. The van der Waals surface area contributed by atoms with E-state index >= 15 is 0 Å². The molecule has 196 valence electrons. The fraction of sp³-hybridized carbons (Fsp3) is 0.480. The van der Waals surface area contributed by atoms with Crippen molar-refractivity contribution in [3.8, 4) is 0 Å². The maximum absolute atomic E-state index is 13.3. The summed E-state index contributed by atoms with van der Waals surface area (Å²) in [6.07, 6.45) is -9.78. The van der Waals surface area contributed by atoms with Crippen LogP contribution in [0.15, 0.2) is 48.5 Å². The number of halogens is 6. The zero-order chi connectivity index (χ0) is 26.1. The molecule has 0 saturated carbocycles. The Labute approximate surface area is 204 Å². The third kappa shape index (κ3) is 5.78. The molecule has 0 radical (unpaired) electrons. The number of cyclic esters (lactones) is 1. The van der Waals surface area contributed by atoms with E-state index in [9.17, 15) is 31.1 Å². The largest absolute Gasteiger partial charge is 0.449 e. The Morgan fingerprint density at radius 1 is 1.00 bits per heavy atom. The molecule has 2 aromatic carbocycles. The van der Waals surface area contributed by atoms with Crippen molar-refractivity contribution in [2.75, 3.05) is 13.2 Å². The predicted molar refractivity (Wildman–Crippen MR) is 118 cm³/mol. The molecule has 2 aromatic rings. The number of amides is 1. The molecule has 4 rings (SSSR count). The van der Waals surface area contributed by atoms with E-state index in [0.29, 0.717) is 31.4 Å². The van der Waals surface area contributed by atoms with Gasteiger partial charge in [0.05, 0.1) is 36.0 Å². The SMILES string of the molecule is C[C@@H](OC[C@@]1(c2ccccc2)CCC2NC(=O)OCCC2N1)c1cc(C(F)(F)F)cc(C(F)(F)F)c1. The number of benzene rings is 2. The summed E-state index contributed by atoms with van der Waals surface area (Å²) in [6.45, 7) is 1.64. The van der Waals surface area contributed by atoms with E-state index in [1.54, 1.807) is 0 Å². The van der Waals surface area contributed by atoms with Gasteiger partial charge in [0.2, 0.25) is 0 Å². The molecule has 4 atom stereocenters. The van der Waals surface area contributed by atoms with Crippen molar-refractivity contribution >= 4 is 6.09 Å². The number of piperidine rings is 1. The Bertz CT molecular complexity index is 1040. The third-order valence-corrected chi connectivity index (χ3v) is 6.78. The van der Waals surface area contributed by atoms with Crippen LogP contribution in [0, 0.1) is 0 Å². The zero-order valence-electron chi connectivity index (χ0n) is 19.4. The van der Waals surface area contributed by atoms with E-state index in [2.05, 4.69) is 10.6 Å². The molecule has 0 spiro atoms. The van der Waals surface area contributed by atoms with Crippen molar-refractivity contribution < 1.29 is 40.6 Å². The number of nitrogens with one attached hydrogen (secondary N) is 2. The van der Waals surface area contributed by atoms with Crippen molar-refractivity contribution in [3.05, 3.63) is 70.8 Å². The maximum Gasteiger partial charge on any atom is 0.416 e. The zero-order valence-corrected chi connectivity index (χ0v) is 19.4. The number of rotatable bonds is 5. The first kappa shape index (κ1) is 26.3. The standard InChI is InChI=1S/C25H26F6N2O3/c1-15(16-11-18(24(26,27)28)13-19(12-16)25(29,30)31)36-14-23(17-5-3-2-4-6-17)9-7-20-21(33-23)8-10-35-22(34)32-20/h2-6,11-13,15,20-21,33H,7-10,14H2,1H3,(H,32,34)/t15-,20?,21?,23-/m1/s1. The molecule has 0 bridgehead atoms. The summed E-state index contributed by atoms with van der Waals surface area (Å²) in [5.74, 6) is 0. The minimum atomic E-state index is -4.94. The molecule has 2 fully saturated rings. The second-order valence-corrected chi connectivity index (χ2v) is 9.21. The monoisotopic (exact) mass is 516 g/mol. The molecule has 2 N–H and O–H groups in total. The first-order valence-corrected chi connectivity index (χ1v) is 11.5. The molecule has 0 aliphatic carbocycles. The molecule has 1 amide bonds. The van der Waals surface area contributed by atoms with Gasteiger partial charge in [-0.3, -0.25) is 0 Å². The Balaban J connectivity index is 1.60. The van der Waals surface area contributed by atoms with Gasteiger partial charge >= 0.3 is 18.4 Å². The average Bonchev–Trinajstić information content (AvgIpc) is 3.01. The number of hydrogen-bond donors (Lipinski definition) is 2. The van der Waals surface area contributed by atoms with E-state index in [-0.39, 0.29) is 36.9 Å². The molecular formula is C25H26F6N2O3. The van der Waals surface area contributed by atoms with Gasteiger partial charge in [-0.05, 0) is 55.5 Å². The molecule has 0 aromatic heterocycles. The number of alkyl halides is 6. The van der Waals surface area contributed by atoms with Crippen LogP contribution >= 0.6 is 0 Å². The summed E-state index contributed by atoms with van der Waals surface area (Å²) in [7, 11) is 0. The summed E-state index contributed by atoms with van der Waals surface area (Å²) >= 11 is 0. The van der Waals surface area contributed by atoms with Crippen LogP contribution in [0.25, 0.3) is 0 Å². The van der Waals surface area contributed by atoms with Gasteiger partial charge in [-0.1, -0.05) is 30.3 Å². The summed E-state index contributed by atoms with van der Waals surface area (Å²) in [5, 5.41) is 6.37. The highest BCUT2D eigenvalue weighted by Crippen LogP contribution is 2.39. The number of alkyl carbamates (subject to hydrolysis) is 1. The minimum Gasteiger partial charge on any atom is -0.449 e. The van der Waals surface area contributed by atoms with Crippen molar-refractivity contribution in [3.63, 3.8) is 0 Å². The van der Waals surface area contributed by atoms with Crippen LogP contribution in [0.4, 0.5) is 31.1 Å². The molecule has 11 heteroatoms. The van der Waals surface area contributed by atoms with Crippen LogP contribution in [0.1, 0.15) is 54.5 Å². The average molecular weight is 516 g/mol. The summed E-state index contributed by atoms with van der Waals surface area (Å²) < 4.78 is 91.0. The van der Waals surface area contributed by atoms with Crippen molar-refractivity contribution in [1.82, 2.24) is 10.6 Å². The first-order chi connectivity index (χ1) is 16.9. The smallest absolute Gasteiger partial charge is 0.416 e. The van der Waals surface area contributed by atoms with Gasteiger partial charge in [-0.25, -0.2) is 4.79 Å². The van der Waals surface area contributed by atoms with Gasteiger partial charge in [-0.15, -0.1) is 0 Å². The number of carbonyl (C=O) groups is 1. The highest BCUT2D eigenvalue weighted by atomic mass is 19.4. The summed E-state index contributed by atoms with van der Waals surface area (Å²) in [6, 6.07) is 10.5. The van der Waals surface area contributed by atoms with E-state index in [1.807, 2.05) is 30.3 Å². The van der Waals surface area contributed by atoms with E-state index in [0.717, 1.165) is 5.56 Å². The third-order valence-electron chi connectivity index (χ3n) is 6.78. The molecule has 2 unspecified atom stereocenters. The van der Waals surface area contributed by atoms with E-state index in [4.69, 9.17) is 9.47 Å². The maximum atomic E-state index is 13.3. The second-order valence-electron chi connectivity index (χ2n) is 9.21. The molecule has 2 saturated heterocycles. The number of ether oxygens (including phenoxy) is 2.